The zero-order valence-corrected chi connectivity index (χ0v) is 41.1. The van der Waals surface area contributed by atoms with Crippen LogP contribution in [0.1, 0.15) is 239 Å². The lowest BCUT2D eigenvalue weighted by Crippen LogP contribution is -2.30. The maximum atomic E-state index is 12.8. The van der Waals surface area contributed by atoms with Crippen molar-refractivity contribution in [3.05, 3.63) is 85.1 Å². The Morgan fingerprint density at radius 2 is 0.619 bits per heavy atom. The van der Waals surface area contributed by atoms with E-state index in [9.17, 15) is 14.4 Å². The van der Waals surface area contributed by atoms with Gasteiger partial charge in [0, 0.05) is 19.3 Å². The Morgan fingerprint density at radius 3 is 1.00 bits per heavy atom. The molecule has 63 heavy (non-hydrogen) atoms. The molecular weight excluding hydrogens is 781 g/mol. The molecule has 6 heteroatoms. The highest BCUT2D eigenvalue weighted by Gasteiger charge is 2.19. The molecule has 0 rings (SSSR count). The zero-order chi connectivity index (χ0) is 45.8. The standard InChI is InChI=1S/C57H96O6/c1-4-7-10-13-16-19-22-25-27-28-30-32-35-38-41-44-47-50-56(59)62-53-54(52-61-55(58)49-46-43-40-37-34-31-24-21-18-15-12-9-6-3)63-57(60)51-48-45-42-39-36-33-29-26-23-20-17-14-11-8-5-2/h8-9,11-12,17-18,20-21,25-27,29,31,34,54H,4-7,10,13-16,19,22-24,28,30,32-33,35-53H2,1-3H3/b11-8-,12-9-,20-17-,21-18-,27-25-,29-26-,34-31-. The fraction of sp³-hybridized carbons (Fsp3) is 0.702. The highest BCUT2D eigenvalue weighted by Crippen LogP contribution is 2.14. The molecule has 0 bridgehead atoms. The molecule has 1 atom stereocenters. The van der Waals surface area contributed by atoms with Gasteiger partial charge in [-0.2, -0.15) is 0 Å². The second-order valence-electron chi connectivity index (χ2n) is 17.0. The van der Waals surface area contributed by atoms with Crippen molar-refractivity contribution in [2.24, 2.45) is 0 Å². The first-order valence-corrected chi connectivity index (χ1v) is 26.1. The van der Waals surface area contributed by atoms with Gasteiger partial charge in [-0.3, -0.25) is 14.4 Å². The van der Waals surface area contributed by atoms with Crippen molar-refractivity contribution in [3.63, 3.8) is 0 Å². The van der Waals surface area contributed by atoms with Crippen molar-refractivity contribution < 1.29 is 28.6 Å². The summed E-state index contributed by atoms with van der Waals surface area (Å²) in [5.41, 5.74) is 0. The van der Waals surface area contributed by atoms with E-state index in [1.807, 2.05) is 0 Å². The van der Waals surface area contributed by atoms with Gasteiger partial charge in [0.05, 0.1) is 0 Å². The van der Waals surface area contributed by atoms with Crippen LogP contribution >= 0.6 is 0 Å². The van der Waals surface area contributed by atoms with Gasteiger partial charge in [0.25, 0.3) is 0 Å². The number of ether oxygens (including phenoxy) is 3. The Bertz CT molecular complexity index is 1240. The average Bonchev–Trinajstić information content (AvgIpc) is 3.28. The van der Waals surface area contributed by atoms with Crippen LogP contribution in [-0.4, -0.2) is 37.2 Å². The van der Waals surface area contributed by atoms with Crippen molar-refractivity contribution in [3.8, 4) is 0 Å². The quantitative estimate of drug-likeness (QED) is 0.0262. The molecule has 0 aromatic rings. The number of carbonyl (C=O) groups is 3. The summed E-state index contributed by atoms with van der Waals surface area (Å²) in [5, 5.41) is 0. The van der Waals surface area contributed by atoms with Crippen LogP contribution in [0.5, 0.6) is 0 Å². The number of carbonyl (C=O) groups excluding carboxylic acids is 3. The summed E-state index contributed by atoms with van der Waals surface area (Å²) in [6.45, 7) is 6.36. The van der Waals surface area contributed by atoms with Gasteiger partial charge < -0.3 is 14.2 Å². The van der Waals surface area contributed by atoms with Gasteiger partial charge in [-0.1, -0.05) is 196 Å². The van der Waals surface area contributed by atoms with Gasteiger partial charge in [0.2, 0.25) is 0 Å². The largest absolute Gasteiger partial charge is 0.462 e. The summed E-state index contributed by atoms with van der Waals surface area (Å²) in [4.78, 5) is 38.0. The molecule has 360 valence electrons. The zero-order valence-electron chi connectivity index (χ0n) is 41.1. The third kappa shape index (κ3) is 49.5. The Balaban J connectivity index is 4.44. The molecule has 0 saturated carbocycles. The molecule has 0 aromatic carbocycles. The Hall–Kier alpha value is -3.41. The lowest BCUT2D eigenvalue weighted by molar-refractivity contribution is -0.167. The molecule has 0 heterocycles. The predicted molar refractivity (Wildman–Crippen MR) is 270 cm³/mol. The first kappa shape index (κ1) is 59.6. The molecule has 0 aliphatic heterocycles. The van der Waals surface area contributed by atoms with E-state index < -0.39 is 6.10 Å². The van der Waals surface area contributed by atoms with Crippen LogP contribution in [0.15, 0.2) is 85.1 Å². The summed E-state index contributed by atoms with van der Waals surface area (Å²) in [6.07, 6.45) is 65.7. The normalized spacial score (nSPS) is 12.7. The second kappa shape index (κ2) is 51.2. The molecular formula is C57H96O6. The SMILES string of the molecule is CC/C=C\C/C=C\C/C=C\CCCCCCCC(=O)OC(COC(=O)CCCCC/C=C\C/C=C\C/C=C\CC)COC(=O)CCCCCCCCC/C=C\CCCCCCCC. The van der Waals surface area contributed by atoms with Crippen molar-refractivity contribution in [1.82, 2.24) is 0 Å². The predicted octanol–water partition coefficient (Wildman–Crippen LogP) is 17.2. The topological polar surface area (TPSA) is 78.9 Å². The molecule has 0 aliphatic rings. The minimum Gasteiger partial charge on any atom is -0.462 e. The van der Waals surface area contributed by atoms with E-state index in [2.05, 4.69) is 106 Å². The highest BCUT2D eigenvalue weighted by atomic mass is 16.6. The van der Waals surface area contributed by atoms with Gasteiger partial charge in [-0.25, -0.2) is 0 Å². The first-order valence-electron chi connectivity index (χ1n) is 26.1. The van der Waals surface area contributed by atoms with Crippen LogP contribution in [0.2, 0.25) is 0 Å². The number of allylic oxidation sites excluding steroid dienone is 14. The summed E-state index contributed by atoms with van der Waals surface area (Å²) in [7, 11) is 0. The van der Waals surface area contributed by atoms with Gasteiger partial charge in [0.15, 0.2) is 6.10 Å². The average molecular weight is 877 g/mol. The van der Waals surface area contributed by atoms with Gasteiger partial charge in [-0.15, -0.1) is 0 Å². The minimum atomic E-state index is -0.799. The molecule has 0 aliphatic carbocycles. The molecule has 0 radical (unpaired) electrons. The van der Waals surface area contributed by atoms with E-state index in [1.54, 1.807) is 0 Å². The lowest BCUT2D eigenvalue weighted by Gasteiger charge is -2.18. The van der Waals surface area contributed by atoms with E-state index >= 15 is 0 Å². The fourth-order valence-corrected chi connectivity index (χ4v) is 6.99. The van der Waals surface area contributed by atoms with Crippen LogP contribution in [0.4, 0.5) is 0 Å². The maximum Gasteiger partial charge on any atom is 0.306 e. The molecule has 1 unspecified atom stereocenters. The molecule has 0 N–H and O–H groups in total. The van der Waals surface area contributed by atoms with Crippen LogP contribution in [0.25, 0.3) is 0 Å². The summed E-state index contributed by atoms with van der Waals surface area (Å²) >= 11 is 0. The summed E-state index contributed by atoms with van der Waals surface area (Å²) < 4.78 is 16.8. The summed E-state index contributed by atoms with van der Waals surface area (Å²) in [5.74, 6) is -0.948. The molecule has 0 fully saturated rings. The number of hydrogen-bond acceptors (Lipinski definition) is 6. The van der Waals surface area contributed by atoms with Crippen molar-refractivity contribution in [2.75, 3.05) is 13.2 Å². The number of rotatable bonds is 46. The van der Waals surface area contributed by atoms with Crippen LogP contribution in [-0.2, 0) is 28.6 Å². The number of esters is 3. The molecule has 6 nitrogen and oxygen atoms in total. The maximum absolute atomic E-state index is 12.8. The van der Waals surface area contributed by atoms with Crippen LogP contribution in [0.3, 0.4) is 0 Å². The third-order valence-corrected chi connectivity index (χ3v) is 10.9. The monoisotopic (exact) mass is 877 g/mol. The second-order valence-corrected chi connectivity index (χ2v) is 17.0. The van der Waals surface area contributed by atoms with E-state index in [1.165, 1.54) is 77.0 Å². The van der Waals surface area contributed by atoms with E-state index in [0.717, 1.165) is 122 Å². The molecule has 0 saturated heterocycles. The lowest BCUT2D eigenvalue weighted by atomic mass is 10.1. The van der Waals surface area contributed by atoms with Crippen LogP contribution in [0, 0.1) is 0 Å². The molecule has 0 amide bonds. The summed E-state index contributed by atoms with van der Waals surface area (Å²) in [6, 6.07) is 0. The van der Waals surface area contributed by atoms with Crippen molar-refractivity contribution >= 4 is 17.9 Å². The third-order valence-electron chi connectivity index (χ3n) is 10.9. The highest BCUT2D eigenvalue weighted by molar-refractivity contribution is 5.71. The first-order chi connectivity index (χ1) is 31.0. The molecule has 0 spiro atoms. The smallest absolute Gasteiger partial charge is 0.306 e. The number of unbranched alkanes of at least 4 members (excludes halogenated alkanes) is 21. The van der Waals surface area contributed by atoms with E-state index in [0.29, 0.717) is 19.3 Å². The van der Waals surface area contributed by atoms with Gasteiger partial charge >= 0.3 is 17.9 Å². The Morgan fingerprint density at radius 1 is 0.333 bits per heavy atom. The van der Waals surface area contributed by atoms with E-state index in [4.69, 9.17) is 14.2 Å². The van der Waals surface area contributed by atoms with Gasteiger partial charge in [-0.05, 0) is 109 Å². The van der Waals surface area contributed by atoms with Crippen molar-refractivity contribution in [2.45, 2.75) is 245 Å². The molecule has 0 aromatic heterocycles. The van der Waals surface area contributed by atoms with E-state index in [-0.39, 0.29) is 31.1 Å². The van der Waals surface area contributed by atoms with Crippen molar-refractivity contribution in [1.29, 1.82) is 0 Å². The Labute approximate surface area is 388 Å². The Kier molecular flexibility index (Phi) is 48.5. The van der Waals surface area contributed by atoms with Gasteiger partial charge in [0.1, 0.15) is 13.2 Å². The van der Waals surface area contributed by atoms with Crippen LogP contribution < -0.4 is 0 Å². The fourth-order valence-electron chi connectivity index (χ4n) is 6.99. The number of hydrogen-bond donors (Lipinski definition) is 0. The minimum absolute atomic E-state index is 0.0958.